The molecule has 0 aliphatic heterocycles. The van der Waals surface area contributed by atoms with Gasteiger partial charge in [0.2, 0.25) is 16.3 Å². The first-order chi connectivity index (χ1) is 9.47. The van der Waals surface area contributed by atoms with E-state index in [1.54, 1.807) is 0 Å². The van der Waals surface area contributed by atoms with Crippen molar-refractivity contribution >= 4 is 32.1 Å². The maximum atomic E-state index is 10.6. The fourth-order valence-electron chi connectivity index (χ4n) is 1.59. The van der Waals surface area contributed by atoms with Crippen molar-refractivity contribution in [3.05, 3.63) is 28.8 Å². The molecule has 0 heterocycles. The summed E-state index contributed by atoms with van der Waals surface area (Å²) in [5, 5.41) is 15.9. The lowest BCUT2D eigenvalue weighted by atomic mass is 10.0. The fourth-order valence-corrected chi connectivity index (χ4v) is 3.14. The van der Waals surface area contributed by atoms with Gasteiger partial charge in [0.1, 0.15) is 21.6 Å². The lowest BCUT2D eigenvalue weighted by molar-refractivity contribution is 0.459. The average Bonchev–Trinajstić information content (AvgIpc) is 2.45. The minimum absolute atomic E-state index is 0.132. The number of phenolic OH excluding ortho intramolecular Hbond substituents is 1. The first-order valence-electron chi connectivity index (χ1n) is 5.52. The molecule has 0 aromatic heterocycles. The molecule has 1 aromatic rings. The van der Waals surface area contributed by atoms with E-state index in [0.29, 0.717) is 24.2 Å². The monoisotopic (exact) mass is 352 g/mol. The molecule has 0 spiro atoms. The van der Waals surface area contributed by atoms with Crippen molar-refractivity contribution in [1.29, 1.82) is 0 Å². The van der Waals surface area contributed by atoms with Gasteiger partial charge < -0.3 is 5.11 Å². The largest absolute Gasteiger partial charge is 0.507 e. The van der Waals surface area contributed by atoms with Crippen LogP contribution < -0.4 is 21.2 Å². The van der Waals surface area contributed by atoms with Crippen molar-refractivity contribution in [1.82, 2.24) is 10.2 Å². The minimum atomic E-state index is -1.27. The molecule has 2 unspecified atom stereocenters. The van der Waals surface area contributed by atoms with Gasteiger partial charge in [0, 0.05) is 24.2 Å². The van der Waals surface area contributed by atoms with Gasteiger partial charge in [-0.15, -0.1) is 0 Å². The number of rotatable bonds is 8. The van der Waals surface area contributed by atoms with E-state index in [1.165, 1.54) is 0 Å². The van der Waals surface area contributed by atoms with Gasteiger partial charge in [-0.05, 0) is 6.92 Å². The second-order valence-electron chi connectivity index (χ2n) is 3.95. The maximum Gasteiger partial charge on any atom is 0.214 e. The molecular formula is C9H16N4O3P4. The molecular weight excluding hydrogens is 336 g/mol. The molecule has 2 atom stereocenters. The summed E-state index contributed by atoms with van der Waals surface area (Å²) in [5.41, 5.74) is 13.4. The van der Waals surface area contributed by atoms with Crippen molar-refractivity contribution in [2.24, 2.45) is 11.0 Å². The summed E-state index contributed by atoms with van der Waals surface area (Å²) >= 11 is 0. The summed E-state index contributed by atoms with van der Waals surface area (Å²) in [4.78, 5) is 0. The molecule has 110 valence electrons. The van der Waals surface area contributed by atoms with Crippen LogP contribution in [0.25, 0.3) is 0 Å². The van der Waals surface area contributed by atoms with E-state index < -0.39 is 15.8 Å². The Labute approximate surface area is 122 Å². The number of benzene rings is 1. The van der Waals surface area contributed by atoms with Gasteiger partial charge in [-0.2, -0.15) is 0 Å². The third-order valence-electron chi connectivity index (χ3n) is 2.45. The molecule has 0 aliphatic carbocycles. The number of hydrogen-bond acceptors (Lipinski definition) is 7. The van der Waals surface area contributed by atoms with Crippen LogP contribution in [0.4, 0.5) is 0 Å². The summed E-state index contributed by atoms with van der Waals surface area (Å²) in [6, 6.07) is 3.65. The molecule has 0 bridgehead atoms. The van der Waals surface area contributed by atoms with Crippen molar-refractivity contribution < 1.29 is 14.2 Å². The van der Waals surface area contributed by atoms with Crippen LogP contribution >= 0.6 is 32.1 Å². The molecule has 7 nitrogen and oxygen atoms in total. The molecule has 20 heavy (non-hydrogen) atoms. The smallest absolute Gasteiger partial charge is 0.214 e. The van der Waals surface area contributed by atoms with Crippen molar-refractivity contribution in [2.45, 2.75) is 20.0 Å². The molecule has 0 fully saturated rings. The highest BCUT2D eigenvalue weighted by atomic mass is 32.0. The summed E-state index contributed by atoms with van der Waals surface area (Å²) in [7, 11) is -2.83. The normalized spacial score (nSPS) is 14.6. The molecule has 11 heteroatoms. The van der Waals surface area contributed by atoms with Gasteiger partial charge in [0.25, 0.3) is 0 Å². The zero-order valence-corrected chi connectivity index (χ0v) is 14.4. The molecule has 0 amide bonds. The van der Waals surface area contributed by atoms with Crippen LogP contribution in [0.3, 0.4) is 0 Å². The predicted octanol–water partition coefficient (Wildman–Crippen LogP) is 2.83. The van der Waals surface area contributed by atoms with Crippen molar-refractivity contribution in [3.63, 3.8) is 0 Å². The Balaban J connectivity index is 2.83. The van der Waals surface area contributed by atoms with Crippen LogP contribution in [-0.4, -0.2) is 5.11 Å². The number of phenols is 1. The third kappa shape index (κ3) is 5.73. The van der Waals surface area contributed by atoms with Crippen LogP contribution in [-0.2, 0) is 22.2 Å². The van der Waals surface area contributed by atoms with E-state index in [1.807, 2.05) is 19.1 Å². The first kappa shape index (κ1) is 18.0. The van der Waals surface area contributed by atoms with Crippen molar-refractivity contribution in [2.75, 3.05) is 0 Å². The zero-order chi connectivity index (χ0) is 15.1. The molecule has 0 aliphatic rings. The van der Waals surface area contributed by atoms with Crippen LogP contribution in [0.15, 0.2) is 12.1 Å². The van der Waals surface area contributed by atoms with E-state index >= 15 is 0 Å². The molecule has 0 radical (unpaired) electrons. The number of hydrogen-bond donors (Lipinski definition) is 5. The van der Waals surface area contributed by atoms with Crippen LogP contribution in [0.2, 0.25) is 0 Å². The van der Waals surface area contributed by atoms with E-state index in [0.717, 1.165) is 5.56 Å². The highest BCUT2D eigenvalue weighted by Gasteiger charge is 2.11. The van der Waals surface area contributed by atoms with Gasteiger partial charge in [-0.3, -0.25) is 30.3 Å². The summed E-state index contributed by atoms with van der Waals surface area (Å²) in [6.45, 7) is 2.56. The Kier molecular flexibility index (Phi) is 8.13. The minimum Gasteiger partial charge on any atom is -0.507 e. The Morgan fingerprint density at radius 2 is 1.50 bits per heavy atom. The lowest BCUT2D eigenvalue weighted by Gasteiger charge is -2.14. The summed E-state index contributed by atoms with van der Waals surface area (Å²) < 4.78 is 21.2. The quantitative estimate of drug-likeness (QED) is 0.455. The number of aromatic hydroxyl groups is 1. The highest BCUT2D eigenvalue weighted by Crippen LogP contribution is 2.38. The van der Waals surface area contributed by atoms with Gasteiger partial charge >= 0.3 is 0 Å². The average molecular weight is 352 g/mol. The van der Waals surface area contributed by atoms with Gasteiger partial charge in [0.15, 0.2) is 0 Å². The topological polar surface area (TPSA) is 130 Å². The molecule has 7 N–H and O–H groups in total. The maximum absolute atomic E-state index is 10.6. The lowest BCUT2D eigenvalue weighted by Crippen LogP contribution is -2.12. The Morgan fingerprint density at radius 1 is 1.10 bits per heavy atom. The Morgan fingerprint density at radius 3 is 1.85 bits per heavy atom. The number of aryl methyl sites for hydroxylation is 1. The second-order valence-corrected chi connectivity index (χ2v) is 9.86. The van der Waals surface area contributed by atoms with E-state index in [9.17, 15) is 14.2 Å². The van der Waals surface area contributed by atoms with Crippen LogP contribution in [0.1, 0.15) is 16.7 Å². The zero-order valence-electron chi connectivity index (χ0n) is 10.8. The third-order valence-corrected chi connectivity index (χ3v) is 5.67. The number of nitrogens with two attached hydrogens (primary N) is 2. The highest BCUT2D eigenvalue weighted by molar-refractivity contribution is 8.14. The fraction of sp³-hybridized carbons (Fsp3) is 0.333. The van der Waals surface area contributed by atoms with Crippen LogP contribution in [0.5, 0.6) is 5.75 Å². The summed E-state index contributed by atoms with van der Waals surface area (Å²) in [6.07, 6.45) is 0. The second kappa shape index (κ2) is 9.04. The molecule has 0 saturated carbocycles. The first-order valence-corrected chi connectivity index (χ1v) is 11.4. The SMILES string of the molecule is Cc1cc(CNP(N)P=O)c(O)c(CNP(N)P=O)c1. The van der Waals surface area contributed by atoms with Crippen LogP contribution in [0, 0.1) is 6.92 Å². The van der Waals surface area contributed by atoms with Crippen molar-refractivity contribution in [3.8, 4) is 5.75 Å². The molecule has 1 rings (SSSR count). The van der Waals surface area contributed by atoms with Gasteiger partial charge in [-0.1, -0.05) is 17.7 Å². The standard InChI is InChI=1S/C9H16N4O3P4/c1-6-2-7(4-12-19(10)17-15)9(14)8(3-6)5-13-20(11)18-16/h2-3,12-14H,4-5,10-11H2,1H3. The van der Waals surface area contributed by atoms with E-state index in [4.69, 9.17) is 11.0 Å². The van der Waals surface area contributed by atoms with E-state index in [-0.39, 0.29) is 22.0 Å². The number of nitrogens with one attached hydrogen (secondary N) is 2. The summed E-state index contributed by atoms with van der Waals surface area (Å²) in [5.74, 6) is 0.132. The Hall–Kier alpha value is -0.0800. The van der Waals surface area contributed by atoms with Gasteiger partial charge in [0.05, 0.1) is 0 Å². The van der Waals surface area contributed by atoms with Gasteiger partial charge in [-0.25, -0.2) is 0 Å². The molecule has 0 saturated heterocycles. The Bertz CT molecular complexity index is 451. The molecule has 1 aromatic carbocycles. The predicted molar refractivity (Wildman–Crippen MR) is 84.0 cm³/mol. The van der Waals surface area contributed by atoms with E-state index in [2.05, 4.69) is 10.2 Å².